The van der Waals surface area contributed by atoms with Gasteiger partial charge < -0.3 is 9.47 Å². The number of thiazole rings is 1. The van der Waals surface area contributed by atoms with E-state index in [1.165, 1.54) is 17.5 Å². The zero-order chi connectivity index (χ0) is 21.5. The maximum Gasteiger partial charge on any atom is 0.359 e. The van der Waals surface area contributed by atoms with Gasteiger partial charge in [0, 0.05) is 5.38 Å². The van der Waals surface area contributed by atoms with Gasteiger partial charge in [0.2, 0.25) is 0 Å². The van der Waals surface area contributed by atoms with Crippen molar-refractivity contribution in [1.82, 2.24) is 15.0 Å². The Hall–Kier alpha value is -3.40. The van der Waals surface area contributed by atoms with Gasteiger partial charge in [0.15, 0.2) is 16.9 Å². The van der Waals surface area contributed by atoms with Crippen LogP contribution in [0.5, 0.6) is 0 Å². The minimum atomic E-state index is -1.02. The number of nitrogens with one attached hydrogen (secondary N) is 1. The summed E-state index contributed by atoms with van der Waals surface area (Å²) in [7, 11) is 0. The average Bonchev–Trinajstić information content (AvgIpc) is 3.17. The van der Waals surface area contributed by atoms with Gasteiger partial charge in [-0.15, -0.1) is 11.3 Å². The first-order valence-electron chi connectivity index (χ1n) is 9.33. The Balaban J connectivity index is 1.62. The van der Waals surface area contributed by atoms with E-state index in [1.54, 1.807) is 37.4 Å². The van der Waals surface area contributed by atoms with Crippen LogP contribution in [0, 0.1) is 0 Å². The minimum Gasteiger partial charge on any atom is -0.466 e. The number of carbonyl (C=O) groups is 3. The van der Waals surface area contributed by atoms with Crippen LogP contribution in [0.3, 0.4) is 0 Å². The summed E-state index contributed by atoms with van der Waals surface area (Å²) < 4.78 is 10.2. The van der Waals surface area contributed by atoms with E-state index >= 15 is 0 Å². The van der Waals surface area contributed by atoms with E-state index in [4.69, 9.17) is 9.47 Å². The van der Waals surface area contributed by atoms with Gasteiger partial charge >= 0.3 is 11.9 Å². The highest BCUT2D eigenvalue weighted by atomic mass is 32.1. The topological polar surface area (TPSA) is 120 Å². The predicted molar refractivity (Wildman–Crippen MR) is 110 cm³/mol. The third kappa shape index (κ3) is 5.35. The molecule has 10 heteroatoms. The molecule has 30 heavy (non-hydrogen) atoms. The lowest BCUT2D eigenvalue weighted by atomic mass is 10.2. The van der Waals surface area contributed by atoms with Crippen molar-refractivity contribution in [2.75, 3.05) is 11.9 Å². The first-order chi connectivity index (χ1) is 14.5. The molecule has 0 fully saturated rings. The van der Waals surface area contributed by atoms with Crippen LogP contribution in [0.25, 0.3) is 11.0 Å². The van der Waals surface area contributed by atoms with Crippen LogP contribution in [-0.4, -0.2) is 45.5 Å². The Morgan fingerprint density at radius 2 is 1.90 bits per heavy atom. The van der Waals surface area contributed by atoms with Crippen LogP contribution in [0.4, 0.5) is 5.13 Å². The molecule has 1 unspecified atom stereocenters. The molecule has 0 radical (unpaired) electrons. The van der Waals surface area contributed by atoms with Crippen molar-refractivity contribution < 1.29 is 23.9 Å². The van der Waals surface area contributed by atoms with E-state index in [2.05, 4.69) is 20.3 Å². The van der Waals surface area contributed by atoms with Crippen molar-refractivity contribution in [1.29, 1.82) is 0 Å². The summed E-state index contributed by atoms with van der Waals surface area (Å²) >= 11 is 1.17. The summed E-state index contributed by atoms with van der Waals surface area (Å²) in [5.74, 6) is -1.65. The molecule has 1 N–H and O–H groups in total. The van der Waals surface area contributed by atoms with Gasteiger partial charge in [0.25, 0.3) is 5.91 Å². The summed E-state index contributed by atoms with van der Waals surface area (Å²) in [5.41, 5.74) is 1.72. The smallest absolute Gasteiger partial charge is 0.359 e. The van der Waals surface area contributed by atoms with Crippen LogP contribution < -0.4 is 5.32 Å². The standard InChI is InChI=1S/C20H20N4O5S/c1-3-16(18(26)24-20-22-12(11-30-20)9-17(25)28-4-2)29-19(27)15-10-21-13-7-5-6-8-14(13)23-15/h5-8,10-11,16H,3-4,9H2,1-2H3,(H,22,24,26). The summed E-state index contributed by atoms with van der Waals surface area (Å²) in [6.45, 7) is 3.73. The van der Waals surface area contributed by atoms with Gasteiger partial charge in [-0.25, -0.2) is 14.8 Å². The lowest BCUT2D eigenvalue weighted by Gasteiger charge is -2.14. The Morgan fingerprint density at radius 1 is 1.13 bits per heavy atom. The monoisotopic (exact) mass is 428 g/mol. The molecule has 156 valence electrons. The van der Waals surface area contributed by atoms with Crippen molar-refractivity contribution in [2.45, 2.75) is 32.8 Å². The number of amides is 1. The maximum absolute atomic E-state index is 12.5. The number of ether oxygens (including phenoxy) is 2. The second-order valence-electron chi connectivity index (χ2n) is 6.16. The summed E-state index contributed by atoms with van der Waals surface area (Å²) in [6, 6.07) is 7.13. The van der Waals surface area contributed by atoms with E-state index in [-0.39, 0.29) is 25.1 Å². The fourth-order valence-electron chi connectivity index (χ4n) is 2.56. The number of aromatic nitrogens is 3. The molecule has 3 rings (SSSR count). The molecule has 0 bridgehead atoms. The minimum absolute atomic E-state index is 0.0194. The first kappa shape index (κ1) is 21.3. The second-order valence-corrected chi connectivity index (χ2v) is 7.02. The number of esters is 2. The molecule has 1 aromatic carbocycles. The number of nitrogens with zero attached hydrogens (tertiary/aromatic N) is 3. The fraction of sp³-hybridized carbons (Fsp3) is 0.300. The number of carbonyl (C=O) groups excluding carboxylic acids is 3. The summed E-state index contributed by atoms with van der Waals surface area (Å²) in [6.07, 6.45) is 0.577. The number of para-hydroxylation sites is 2. The molecule has 0 aliphatic heterocycles. The summed E-state index contributed by atoms with van der Waals surface area (Å²) in [5, 5.41) is 4.57. The van der Waals surface area contributed by atoms with E-state index in [0.717, 1.165) is 0 Å². The molecule has 0 spiro atoms. The van der Waals surface area contributed by atoms with E-state index in [0.29, 0.717) is 21.9 Å². The molecule has 9 nitrogen and oxygen atoms in total. The predicted octanol–water partition coefficient (Wildman–Crippen LogP) is 2.77. The Kier molecular flexibility index (Phi) is 7.02. The zero-order valence-electron chi connectivity index (χ0n) is 16.5. The molecule has 0 saturated heterocycles. The van der Waals surface area contributed by atoms with E-state index in [9.17, 15) is 14.4 Å². The highest BCUT2D eigenvalue weighted by Gasteiger charge is 2.24. The number of hydrogen-bond donors (Lipinski definition) is 1. The number of fused-ring (bicyclic) bond motifs is 1. The van der Waals surface area contributed by atoms with Gasteiger partial charge in [-0.1, -0.05) is 19.1 Å². The second kappa shape index (κ2) is 9.88. The Morgan fingerprint density at radius 3 is 2.63 bits per heavy atom. The van der Waals surface area contributed by atoms with E-state index < -0.39 is 23.9 Å². The molecule has 1 atom stereocenters. The lowest BCUT2D eigenvalue weighted by Crippen LogP contribution is -2.32. The molecule has 2 aromatic heterocycles. The highest BCUT2D eigenvalue weighted by Crippen LogP contribution is 2.18. The van der Waals surface area contributed by atoms with Crippen molar-refractivity contribution in [3.63, 3.8) is 0 Å². The summed E-state index contributed by atoms with van der Waals surface area (Å²) in [4.78, 5) is 49.1. The third-order valence-electron chi connectivity index (χ3n) is 3.98. The van der Waals surface area contributed by atoms with Crippen molar-refractivity contribution in [3.05, 3.63) is 47.2 Å². The van der Waals surface area contributed by atoms with Gasteiger partial charge in [-0.2, -0.15) is 0 Å². The molecule has 0 saturated carbocycles. The van der Waals surface area contributed by atoms with Gasteiger partial charge in [0.05, 0.1) is 36.0 Å². The largest absolute Gasteiger partial charge is 0.466 e. The molecule has 1 amide bonds. The van der Waals surface area contributed by atoms with Gasteiger partial charge in [0.1, 0.15) is 0 Å². The van der Waals surface area contributed by atoms with Gasteiger partial charge in [-0.05, 0) is 25.5 Å². The maximum atomic E-state index is 12.5. The fourth-order valence-corrected chi connectivity index (χ4v) is 3.27. The molecular weight excluding hydrogens is 408 g/mol. The Bertz CT molecular complexity index is 1070. The van der Waals surface area contributed by atoms with Crippen LogP contribution in [0.1, 0.15) is 36.5 Å². The normalized spacial score (nSPS) is 11.7. The third-order valence-corrected chi connectivity index (χ3v) is 4.79. The van der Waals surface area contributed by atoms with Crippen LogP contribution in [-0.2, 0) is 25.5 Å². The number of rotatable bonds is 8. The first-order valence-corrected chi connectivity index (χ1v) is 10.2. The number of hydrogen-bond acceptors (Lipinski definition) is 9. The molecular formula is C20H20N4O5S. The van der Waals surface area contributed by atoms with Crippen molar-refractivity contribution >= 4 is 45.3 Å². The molecule has 0 aliphatic rings. The molecule has 3 aromatic rings. The molecule has 0 aliphatic carbocycles. The van der Waals surface area contributed by atoms with Crippen LogP contribution in [0.15, 0.2) is 35.8 Å². The SMILES string of the molecule is CCOC(=O)Cc1csc(NC(=O)C(CC)OC(=O)c2cnc3ccccc3n2)n1. The zero-order valence-corrected chi connectivity index (χ0v) is 17.3. The highest BCUT2D eigenvalue weighted by molar-refractivity contribution is 7.13. The number of anilines is 1. The van der Waals surface area contributed by atoms with Crippen molar-refractivity contribution in [3.8, 4) is 0 Å². The van der Waals surface area contributed by atoms with Crippen LogP contribution >= 0.6 is 11.3 Å². The Labute approximate surface area is 176 Å². The van der Waals surface area contributed by atoms with Crippen LogP contribution in [0.2, 0.25) is 0 Å². The quantitative estimate of drug-likeness (QED) is 0.544. The van der Waals surface area contributed by atoms with Gasteiger partial charge in [-0.3, -0.25) is 19.9 Å². The molecule has 2 heterocycles. The van der Waals surface area contributed by atoms with Crippen molar-refractivity contribution in [2.24, 2.45) is 0 Å². The van der Waals surface area contributed by atoms with E-state index in [1.807, 2.05) is 6.07 Å². The number of benzene rings is 1. The lowest BCUT2D eigenvalue weighted by molar-refractivity contribution is -0.142. The average molecular weight is 428 g/mol.